The number of hydrogen-bond acceptors (Lipinski definition) is 8. The predicted octanol–water partition coefficient (Wildman–Crippen LogP) is -0.310. The molecule has 0 saturated carbocycles. The summed E-state index contributed by atoms with van der Waals surface area (Å²) in [6, 6.07) is 2.47. The third kappa shape index (κ3) is 4.05. The van der Waals surface area contributed by atoms with Crippen molar-refractivity contribution in [3.05, 3.63) is 28.8 Å². The number of thioether (sulfide) groups is 1. The molecule has 3 atom stereocenters. The zero-order valence-corrected chi connectivity index (χ0v) is 16.6. The van der Waals surface area contributed by atoms with Gasteiger partial charge in [0.15, 0.2) is 0 Å². The average Bonchev–Trinajstić information content (AvgIpc) is 3.18. The first-order valence-corrected chi connectivity index (χ1v) is 11.1. The number of rotatable bonds is 7. The fourth-order valence-electron chi connectivity index (χ4n) is 2.75. The fourth-order valence-corrected chi connectivity index (χ4v) is 5.99. The molecule has 0 spiro atoms. The van der Waals surface area contributed by atoms with Crippen LogP contribution in [0.25, 0.3) is 0 Å². The molecule has 1 fully saturated rings. The number of thiophene rings is 1. The maximum absolute atomic E-state index is 12.4. The van der Waals surface area contributed by atoms with Crippen molar-refractivity contribution in [2.45, 2.75) is 15.6 Å². The van der Waals surface area contributed by atoms with Crippen LogP contribution in [0.1, 0.15) is 0 Å². The van der Waals surface area contributed by atoms with E-state index in [2.05, 4.69) is 10.1 Å². The molecule has 3 rings (SSSR count). The highest BCUT2D eigenvalue weighted by atomic mass is 32.2. The van der Waals surface area contributed by atoms with Gasteiger partial charge in [-0.1, -0.05) is 6.07 Å². The number of ether oxygens (including phenoxy) is 1. The predicted molar refractivity (Wildman–Crippen MR) is 101 cm³/mol. The molecular weight excluding hydrogens is 430 g/mol. The topological polar surface area (TPSA) is 156 Å². The number of nitrogens with one attached hydrogen (secondary N) is 1. The molecule has 2 aliphatic heterocycles. The van der Waals surface area contributed by atoms with E-state index >= 15 is 0 Å². The molecule has 1 aromatic heterocycles. The maximum atomic E-state index is 12.4. The Morgan fingerprint density at radius 1 is 1.43 bits per heavy atom. The van der Waals surface area contributed by atoms with Crippen LogP contribution in [0.2, 0.25) is 0 Å². The number of aliphatic carboxylic acids is 1. The van der Waals surface area contributed by atoms with Gasteiger partial charge in [-0.15, -0.1) is 23.1 Å². The van der Waals surface area contributed by atoms with Crippen molar-refractivity contribution < 1.29 is 33.2 Å². The molecule has 2 unspecified atom stereocenters. The number of nitrogens with zero attached hydrogens (tertiary/aromatic N) is 1. The number of primary amides is 1. The van der Waals surface area contributed by atoms with Crippen molar-refractivity contribution in [2.24, 2.45) is 5.73 Å². The van der Waals surface area contributed by atoms with Crippen LogP contribution < -0.4 is 11.1 Å². The molecular formula is C15H15N3O7S3. The summed E-state index contributed by atoms with van der Waals surface area (Å²) in [5, 5.41) is 13.1. The molecule has 0 aromatic carbocycles. The Morgan fingerprint density at radius 3 is 2.79 bits per heavy atom. The molecule has 1 saturated heterocycles. The molecule has 10 nitrogen and oxygen atoms in total. The first-order chi connectivity index (χ1) is 13.3. The SMILES string of the molecule is NC(=O)OCC1=C(C(=O)O)N2C(=O)C(NC(=O)CS(=O)c3cccs3)[C@@H]2SC1. The Balaban J connectivity index is 1.66. The molecule has 13 heteroatoms. The third-order valence-corrected chi connectivity index (χ3v) is 7.89. The highest BCUT2D eigenvalue weighted by Crippen LogP contribution is 2.40. The second kappa shape index (κ2) is 8.32. The van der Waals surface area contributed by atoms with Gasteiger partial charge in [0, 0.05) is 11.3 Å². The first-order valence-electron chi connectivity index (χ1n) is 7.83. The van der Waals surface area contributed by atoms with Gasteiger partial charge in [0.25, 0.3) is 5.91 Å². The zero-order chi connectivity index (χ0) is 20.4. The number of β-lactam (4-membered cyclic amide) rings is 1. The highest BCUT2D eigenvalue weighted by molar-refractivity contribution is 8.00. The molecule has 3 heterocycles. The highest BCUT2D eigenvalue weighted by Gasteiger charge is 2.54. The molecule has 1 aromatic rings. The fraction of sp³-hybridized carbons (Fsp3) is 0.333. The number of carboxylic acids is 1. The van der Waals surface area contributed by atoms with E-state index < -0.39 is 46.1 Å². The average molecular weight is 446 g/mol. The summed E-state index contributed by atoms with van der Waals surface area (Å²) in [5.74, 6) is -2.60. The van der Waals surface area contributed by atoms with Crippen molar-refractivity contribution in [3.63, 3.8) is 0 Å². The molecule has 28 heavy (non-hydrogen) atoms. The van der Waals surface area contributed by atoms with E-state index in [1.54, 1.807) is 17.5 Å². The number of amides is 3. The van der Waals surface area contributed by atoms with E-state index in [0.717, 1.165) is 4.90 Å². The summed E-state index contributed by atoms with van der Waals surface area (Å²) in [7, 11) is -1.51. The van der Waals surface area contributed by atoms with Gasteiger partial charge in [-0.2, -0.15) is 0 Å². The molecule has 0 bridgehead atoms. The van der Waals surface area contributed by atoms with E-state index in [0.29, 0.717) is 4.21 Å². The third-order valence-electron chi connectivity index (χ3n) is 3.94. The number of hydrogen-bond donors (Lipinski definition) is 3. The summed E-state index contributed by atoms with van der Waals surface area (Å²) in [5.41, 5.74) is 4.86. The van der Waals surface area contributed by atoms with Crippen molar-refractivity contribution >= 4 is 57.8 Å². The monoisotopic (exact) mass is 445 g/mol. The lowest BCUT2D eigenvalue weighted by atomic mass is 10.0. The molecule has 4 N–H and O–H groups in total. The van der Waals surface area contributed by atoms with Crippen molar-refractivity contribution in [3.8, 4) is 0 Å². The van der Waals surface area contributed by atoms with Crippen LogP contribution in [0.3, 0.4) is 0 Å². The van der Waals surface area contributed by atoms with Crippen LogP contribution in [-0.2, 0) is 29.9 Å². The van der Waals surface area contributed by atoms with E-state index in [4.69, 9.17) is 5.73 Å². The molecule has 2 aliphatic rings. The summed E-state index contributed by atoms with van der Waals surface area (Å²) in [6.07, 6.45) is -1.05. The Kier molecular flexibility index (Phi) is 6.05. The minimum Gasteiger partial charge on any atom is -0.477 e. The van der Waals surface area contributed by atoms with Crippen molar-refractivity contribution in [2.75, 3.05) is 18.1 Å². The maximum Gasteiger partial charge on any atom is 0.404 e. The Labute approximate surface area is 169 Å². The van der Waals surface area contributed by atoms with E-state index in [1.807, 2.05) is 0 Å². The van der Waals surface area contributed by atoms with Crippen LogP contribution >= 0.6 is 23.1 Å². The number of fused-ring (bicyclic) bond motifs is 1. The van der Waals surface area contributed by atoms with Gasteiger partial charge in [0.2, 0.25) is 5.91 Å². The summed E-state index contributed by atoms with van der Waals surface area (Å²) >= 11 is 2.49. The van der Waals surface area contributed by atoms with Gasteiger partial charge in [-0.3, -0.25) is 18.7 Å². The minimum atomic E-state index is -1.51. The Morgan fingerprint density at radius 2 is 2.18 bits per heavy atom. The largest absolute Gasteiger partial charge is 0.477 e. The minimum absolute atomic E-state index is 0.191. The zero-order valence-electron chi connectivity index (χ0n) is 14.2. The Hall–Kier alpha value is -2.38. The summed E-state index contributed by atoms with van der Waals surface area (Å²) in [4.78, 5) is 48.0. The standard InChI is InChI=1S/C15H15N3O7S3/c16-15(23)25-4-7-5-27-13-10(12(20)18(13)11(7)14(21)22)17-8(19)6-28(24)9-2-1-3-26-9/h1-3,10,13H,4-6H2,(H2,16,23)(H,17,19)(H,21,22)/t10?,13-,28?/m0/s1. The quantitative estimate of drug-likeness (QED) is 0.483. The van der Waals surface area contributed by atoms with Gasteiger partial charge >= 0.3 is 12.1 Å². The molecule has 3 amide bonds. The van der Waals surface area contributed by atoms with Gasteiger partial charge in [0.1, 0.15) is 29.5 Å². The first kappa shape index (κ1) is 20.4. The number of nitrogens with two attached hydrogens (primary N) is 1. The van der Waals surface area contributed by atoms with E-state index in [1.165, 1.54) is 23.1 Å². The number of carboxylic acid groups (broad SMARTS) is 1. The van der Waals surface area contributed by atoms with Crippen LogP contribution in [0.5, 0.6) is 0 Å². The van der Waals surface area contributed by atoms with Crippen molar-refractivity contribution in [1.82, 2.24) is 10.2 Å². The lowest BCUT2D eigenvalue weighted by Gasteiger charge is -2.49. The van der Waals surface area contributed by atoms with E-state index in [9.17, 15) is 28.5 Å². The Bertz CT molecular complexity index is 883. The van der Waals surface area contributed by atoms with Crippen LogP contribution in [0.15, 0.2) is 33.0 Å². The van der Waals surface area contributed by atoms with Gasteiger partial charge in [-0.25, -0.2) is 9.59 Å². The van der Waals surface area contributed by atoms with Crippen LogP contribution in [0.4, 0.5) is 4.79 Å². The van der Waals surface area contributed by atoms with Gasteiger partial charge < -0.3 is 20.9 Å². The summed E-state index contributed by atoms with van der Waals surface area (Å²) < 4.78 is 17.3. The molecule has 150 valence electrons. The van der Waals surface area contributed by atoms with E-state index in [-0.39, 0.29) is 29.4 Å². The lowest BCUT2D eigenvalue weighted by Crippen LogP contribution is -2.70. The smallest absolute Gasteiger partial charge is 0.404 e. The number of carbonyl (C=O) groups is 4. The molecule has 0 radical (unpaired) electrons. The van der Waals surface area contributed by atoms with Crippen molar-refractivity contribution in [1.29, 1.82) is 0 Å². The van der Waals surface area contributed by atoms with Crippen LogP contribution in [0, 0.1) is 0 Å². The van der Waals surface area contributed by atoms with Gasteiger partial charge in [0.05, 0.1) is 15.0 Å². The summed E-state index contributed by atoms with van der Waals surface area (Å²) in [6.45, 7) is -0.336. The number of carbonyl (C=O) groups excluding carboxylic acids is 3. The molecule has 0 aliphatic carbocycles. The van der Waals surface area contributed by atoms with Gasteiger partial charge in [-0.05, 0) is 11.4 Å². The normalized spacial score (nSPS) is 22.1. The lowest BCUT2D eigenvalue weighted by molar-refractivity contribution is -0.150. The second-order valence-electron chi connectivity index (χ2n) is 5.74. The van der Waals surface area contributed by atoms with Crippen LogP contribution in [-0.4, -0.2) is 67.6 Å². The second-order valence-corrected chi connectivity index (χ2v) is 9.47.